The van der Waals surface area contributed by atoms with Crippen molar-refractivity contribution in [1.29, 1.82) is 0 Å². The van der Waals surface area contributed by atoms with Gasteiger partial charge in [-0.05, 0) is 32.0 Å². The van der Waals surface area contributed by atoms with Crippen LogP contribution in [0, 0.1) is 13.8 Å². The molecule has 0 bridgehead atoms. The van der Waals surface area contributed by atoms with Crippen LogP contribution in [0.3, 0.4) is 0 Å². The van der Waals surface area contributed by atoms with Crippen LogP contribution >= 0.6 is 12.4 Å². The molecule has 0 saturated carbocycles. The summed E-state index contributed by atoms with van der Waals surface area (Å²) in [6.07, 6.45) is 0.319. The second kappa shape index (κ2) is 8.58. The third kappa shape index (κ3) is 4.10. The number of benzene rings is 1. The predicted molar refractivity (Wildman–Crippen MR) is 110 cm³/mol. The van der Waals surface area contributed by atoms with Gasteiger partial charge in [0, 0.05) is 24.3 Å². The minimum absolute atomic E-state index is 0. The SMILES string of the molecule is Cc1nn(-c2ccccc2)c(C)c1CC(=O)NCc1cc2n(n1)CCNC2.Cl. The second-order valence-electron chi connectivity index (χ2n) is 6.88. The van der Waals surface area contributed by atoms with Gasteiger partial charge in [-0.25, -0.2) is 4.68 Å². The number of nitrogens with one attached hydrogen (secondary N) is 2. The first-order valence-corrected chi connectivity index (χ1v) is 9.25. The molecule has 1 aromatic carbocycles. The highest BCUT2D eigenvalue weighted by molar-refractivity contribution is 5.85. The summed E-state index contributed by atoms with van der Waals surface area (Å²) >= 11 is 0. The van der Waals surface area contributed by atoms with E-state index in [0.29, 0.717) is 13.0 Å². The maximum atomic E-state index is 12.5. The number of para-hydroxylation sites is 1. The van der Waals surface area contributed by atoms with E-state index in [1.165, 1.54) is 5.69 Å². The molecule has 0 radical (unpaired) electrons. The molecule has 3 heterocycles. The van der Waals surface area contributed by atoms with Crippen LogP contribution in [0.15, 0.2) is 36.4 Å². The van der Waals surface area contributed by atoms with Crippen LogP contribution in [0.25, 0.3) is 5.69 Å². The predicted octanol–water partition coefficient (Wildman–Crippen LogP) is 2.07. The molecule has 1 amide bonds. The van der Waals surface area contributed by atoms with Crippen molar-refractivity contribution in [3.05, 3.63) is 64.7 Å². The minimum atomic E-state index is -0.0158. The largest absolute Gasteiger partial charge is 0.350 e. The first-order valence-electron chi connectivity index (χ1n) is 9.25. The molecule has 3 aromatic rings. The average Bonchev–Trinajstić information content (AvgIpc) is 3.23. The van der Waals surface area contributed by atoms with Gasteiger partial charge in [-0.1, -0.05) is 18.2 Å². The number of nitrogens with zero attached hydrogens (tertiary/aromatic N) is 4. The molecule has 0 spiro atoms. The maximum absolute atomic E-state index is 12.5. The highest BCUT2D eigenvalue weighted by atomic mass is 35.5. The Kier molecular flexibility index (Phi) is 6.16. The first-order chi connectivity index (χ1) is 13.1. The van der Waals surface area contributed by atoms with Gasteiger partial charge in [0.2, 0.25) is 5.91 Å². The van der Waals surface area contributed by atoms with Crippen LogP contribution in [0.5, 0.6) is 0 Å². The van der Waals surface area contributed by atoms with Crippen LogP contribution in [-0.2, 0) is 30.8 Å². The minimum Gasteiger partial charge on any atom is -0.350 e. The molecule has 1 aliphatic rings. The number of rotatable bonds is 5. The summed E-state index contributed by atoms with van der Waals surface area (Å²) in [6.45, 7) is 7.05. The first kappa shape index (κ1) is 20.1. The van der Waals surface area contributed by atoms with Gasteiger partial charge in [-0.15, -0.1) is 12.4 Å². The Morgan fingerprint density at radius 2 is 2.00 bits per heavy atom. The highest BCUT2D eigenvalue weighted by Gasteiger charge is 2.17. The molecule has 0 unspecified atom stereocenters. The van der Waals surface area contributed by atoms with Crippen molar-refractivity contribution in [3.8, 4) is 5.69 Å². The van der Waals surface area contributed by atoms with Crippen molar-refractivity contribution >= 4 is 18.3 Å². The van der Waals surface area contributed by atoms with Crippen molar-refractivity contribution < 1.29 is 4.79 Å². The number of halogens is 1. The van der Waals surface area contributed by atoms with E-state index in [-0.39, 0.29) is 18.3 Å². The molecular weight excluding hydrogens is 376 g/mol. The zero-order chi connectivity index (χ0) is 18.8. The van der Waals surface area contributed by atoms with Crippen molar-refractivity contribution in [2.24, 2.45) is 0 Å². The molecule has 0 atom stereocenters. The van der Waals surface area contributed by atoms with E-state index in [9.17, 15) is 4.79 Å². The van der Waals surface area contributed by atoms with Crippen LogP contribution < -0.4 is 10.6 Å². The number of hydrogen-bond acceptors (Lipinski definition) is 4. The molecule has 2 aromatic heterocycles. The topological polar surface area (TPSA) is 76.8 Å². The van der Waals surface area contributed by atoms with Gasteiger partial charge in [0.05, 0.1) is 42.3 Å². The van der Waals surface area contributed by atoms with E-state index in [4.69, 9.17) is 0 Å². The lowest BCUT2D eigenvalue weighted by atomic mass is 10.1. The molecule has 28 heavy (non-hydrogen) atoms. The van der Waals surface area contributed by atoms with E-state index >= 15 is 0 Å². The summed E-state index contributed by atoms with van der Waals surface area (Å²) in [5.41, 5.74) is 5.93. The number of carbonyl (C=O) groups excluding carboxylic acids is 1. The number of hydrogen-bond donors (Lipinski definition) is 2. The molecule has 8 heteroatoms. The van der Waals surface area contributed by atoms with Gasteiger partial charge < -0.3 is 10.6 Å². The highest BCUT2D eigenvalue weighted by Crippen LogP contribution is 2.18. The standard InChI is InChI=1S/C20H24N6O.ClH/c1-14-19(15(2)26(23-14)17-6-4-3-5-7-17)11-20(27)22-12-16-10-18-13-21-8-9-25(18)24-16;/h3-7,10,21H,8-9,11-13H2,1-2H3,(H,22,27);1H. The van der Waals surface area contributed by atoms with Crippen LogP contribution in [0.1, 0.15) is 28.3 Å². The van der Waals surface area contributed by atoms with E-state index in [2.05, 4.69) is 26.9 Å². The van der Waals surface area contributed by atoms with Crippen LogP contribution in [0.2, 0.25) is 0 Å². The Morgan fingerprint density at radius 1 is 1.21 bits per heavy atom. The number of aryl methyl sites for hydroxylation is 1. The summed E-state index contributed by atoms with van der Waals surface area (Å²) in [5, 5.41) is 15.5. The maximum Gasteiger partial charge on any atom is 0.224 e. The van der Waals surface area contributed by atoms with E-state index < -0.39 is 0 Å². The number of aromatic nitrogens is 4. The normalized spacial score (nSPS) is 12.9. The van der Waals surface area contributed by atoms with Gasteiger partial charge in [0.25, 0.3) is 0 Å². The van der Waals surface area contributed by atoms with E-state index in [1.807, 2.05) is 53.5 Å². The van der Waals surface area contributed by atoms with Crippen molar-refractivity contribution in [2.75, 3.05) is 6.54 Å². The van der Waals surface area contributed by atoms with E-state index in [1.54, 1.807) is 0 Å². The van der Waals surface area contributed by atoms with Crippen molar-refractivity contribution in [1.82, 2.24) is 30.2 Å². The molecule has 148 valence electrons. The fourth-order valence-corrected chi connectivity index (χ4v) is 3.50. The fraction of sp³-hybridized carbons (Fsp3) is 0.350. The third-order valence-electron chi connectivity index (χ3n) is 4.97. The summed E-state index contributed by atoms with van der Waals surface area (Å²) < 4.78 is 3.91. The summed E-state index contributed by atoms with van der Waals surface area (Å²) in [7, 11) is 0. The molecule has 2 N–H and O–H groups in total. The molecular formula is C20H25ClN6O. The fourth-order valence-electron chi connectivity index (χ4n) is 3.50. The van der Waals surface area contributed by atoms with Crippen LogP contribution in [-0.4, -0.2) is 32.0 Å². The van der Waals surface area contributed by atoms with Gasteiger partial charge >= 0.3 is 0 Å². The molecule has 0 saturated heterocycles. The number of fused-ring (bicyclic) bond motifs is 1. The van der Waals surface area contributed by atoms with Gasteiger partial charge in [-0.3, -0.25) is 9.48 Å². The summed E-state index contributed by atoms with van der Waals surface area (Å²) in [5.74, 6) is -0.0158. The summed E-state index contributed by atoms with van der Waals surface area (Å²) in [4.78, 5) is 12.5. The Morgan fingerprint density at radius 3 is 2.75 bits per heavy atom. The molecule has 1 aliphatic heterocycles. The van der Waals surface area contributed by atoms with E-state index in [0.717, 1.165) is 48.0 Å². The monoisotopic (exact) mass is 400 g/mol. The lowest BCUT2D eigenvalue weighted by Gasteiger charge is -2.13. The average molecular weight is 401 g/mol. The Hall–Kier alpha value is -2.64. The molecule has 4 rings (SSSR count). The zero-order valence-electron chi connectivity index (χ0n) is 16.1. The third-order valence-corrected chi connectivity index (χ3v) is 4.97. The number of carbonyl (C=O) groups is 1. The lowest BCUT2D eigenvalue weighted by molar-refractivity contribution is -0.120. The molecule has 0 aliphatic carbocycles. The lowest BCUT2D eigenvalue weighted by Crippen LogP contribution is -2.28. The zero-order valence-corrected chi connectivity index (χ0v) is 16.9. The Balaban J connectivity index is 0.00000225. The van der Waals surface area contributed by atoms with Crippen LogP contribution in [0.4, 0.5) is 0 Å². The van der Waals surface area contributed by atoms with Gasteiger partial charge in [0.15, 0.2) is 0 Å². The number of amides is 1. The Labute approximate surface area is 170 Å². The summed E-state index contributed by atoms with van der Waals surface area (Å²) in [6, 6.07) is 12.0. The van der Waals surface area contributed by atoms with Gasteiger partial charge in [0.1, 0.15) is 0 Å². The molecule has 0 fully saturated rings. The van der Waals surface area contributed by atoms with Crippen molar-refractivity contribution in [2.45, 2.75) is 39.9 Å². The quantitative estimate of drug-likeness (QED) is 0.687. The molecule has 7 nitrogen and oxygen atoms in total. The smallest absolute Gasteiger partial charge is 0.224 e. The second-order valence-corrected chi connectivity index (χ2v) is 6.88. The van der Waals surface area contributed by atoms with Gasteiger partial charge in [-0.2, -0.15) is 10.2 Å². The Bertz CT molecular complexity index is 939. The van der Waals surface area contributed by atoms with Crippen molar-refractivity contribution in [3.63, 3.8) is 0 Å².